The summed E-state index contributed by atoms with van der Waals surface area (Å²) in [5.41, 5.74) is 1.58. The Morgan fingerprint density at radius 1 is 1.19 bits per heavy atom. The second-order valence-electron chi connectivity index (χ2n) is 6.45. The summed E-state index contributed by atoms with van der Waals surface area (Å²) in [6.45, 7) is 5.65. The number of carbonyl (C=O) groups is 2. The van der Waals surface area contributed by atoms with Crippen molar-refractivity contribution in [1.29, 1.82) is 0 Å². The minimum Gasteiger partial charge on any atom is -0.459 e. The van der Waals surface area contributed by atoms with Crippen molar-refractivity contribution in [2.45, 2.75) is 33.2 Å². The molecule has 0 atom stereocenters. The SMILES string of the molecule is Cc1ccc(-c2nc(CC(=O)Nc3ccccc3C(=O)NC(C)C)cs2)o1. The third-order valence-corrected chi connectivity index (χ3v) is 4.62. The Kier molecular flexibility index (Phi) is 5.71. The second kappa shape index (κ2) is 8.18. The lowest BCUT2D eigenvalue weighted by Gasteiger charge is -2.12. The molecule has 27 heavy (non-hydrogen) atoms. The molecule has 2 amide bonds. The van der Waals surface area contributed by atoms with Crippen molar-refractivity contribution in [2.24, 2.45) is 0 Å². The van der Waals surface area contributed by atoms with Gasteiger partial charge in [0.2, 0.25) is 5.91 Å². The smallest absolute Gasteiger partial charge is 0.253 e. The number of thiazole rings is 1. The van der Waals surface area contributed by atoms with Gasteiger partial charge in [-0.15, -0.1) is 11.3 Å². The van der Waals surface area contributed by atoms with E-state index in [0.717, 1.165) is 10.8 Å². The maximum Gasteiger partial charge on any atom is 0.253 e. The van der Waals surface area contributed by atoms with E-state index in [2.05, 4.69) is 15.6 Å². The van der Waals surface area contributed by atoms with Gasteiger partial charge in [-0.1, -0.05) is 12.1 Å². The van der Waals surface area contributed by atoms with Crippen LogP contribution in [-0.2, 0) is 11.2 Å². The average Bonchev–Trinajstić information content (AvgIpc) is 3.23. The van der Waals surface area contributed by atoms with Crippen LogP contribution < -0.4 is 10.6 Å². The van der Waals surface area contributed by atoms with Crippen molar-refractivity contribution in [3.8, 4) is 10.8 Å². The molecular weight excluding hydrogens is 362 g/mol. The van der Waals surface area contributed by atoms with Crippen LogP contribution in [0.3, 0.4) is 0 Å². The number of para-hydroxylation sites is 1. The molecule has 7 heteroatoms. The number of hydrogen-bond donors (Lipinski definition) is 2. The number of hydrogen-bond acceptors (Lipinski definition) is 5. The first-order valence-corrected chi connectivity index (χ1v) is 9.51. The zero-order valence-corrected chi connectivity index (χ0v) is 16.2. The fourth-order valence-corrected chi connectivity index (χ4v) is 3.32. The van der Waals surface area contributed by atoms with Crippen molar-refractivity contribution in [3.63, 3.8) is 0 Å². The number of nitrogens with one attached hydrogen (secondary N) is 2. The Morgan fingerprint density at radius 3 is 2.67 bits per heavy atom. The van der Waals surface area contributed by atoms with Gasteiger partial charge in [0.25, 0.3) is 5.91 Å². The Bertz CT molecular complexity index is 959. The molecule has 3 aromatic rings. The van der Waals surface area contributed by atoms with Gasteiger partial charge in [-0.2, -0.15) is 0 Å². The minimum absolute atomic E-state index is 0.0138. The van der Waals surface area contributed by atoms with Crippen molar-refractivity contribution >= 4 is 28.8 Å². The van der Waals surface area contributed by atoms with Crippen molar-refractivity contribution < 1.29 is 14.0 Å². The molecule has 2 aromatic heterocycles. The molecule has 0 radical (unpaired) electrons. The lowest BCUT2D eigenvalue weighted by Crippen LogP contribution is -2.31. The van der Waals surface area contributed by atoms with Crippen LogP contribution in [0.2, 0.25) is 0 Å². The molecule has 0 aliphatic rings. The number of benzene rings is 1. The van der Waals surface area contributed by atoms with Crippen molar-refractivity contribution in [3.05, 3.63) is 58.8 Å². The average molecular weight is 383 g/mol. The van der Waals surface area contributed by atoms with Gasteiger partial charge in [0.1, 0.15) is 5.76 Å². The first-order valence-electron chi connectivity index (χ1n) is 8.63. The van der Waals surface area contributed by atoms with Crippen LogP contribution >= 0.6 is 11.3 Å². The van der Waals surface area contributed by atoms with E-state index in [0.29, 0.717) is 22.7 Å². The van der Waals surface area contributed by atoms with E-state index in [4.69, 9.17) is 4.42 Å². The summed E-state index contributed by atoms with van der Waals surface area (Å²) in [5.74, 6) is 1.06. The van der Waals surface area contributed by atoms with Gasteiger partial charge in [-0.3, -0.25) is 9.59 Å². The standard InChI is InChI=1S/C20H21N3O3S/c1-12(2)21-19(25)15-6-4-5-7-16(15)23-18(24)10-14-11-27-20(22-14)17-9-8-13(3)26-17/h4-9,11-12H,10H2,1-3H3,(H,21,25)(H,23,24). The summed E-state index contributed by atoms with van der Waals surface area (Å²) in [6.07, 6.45) is 0.121. The van der Waals surface area contributed by atoms with Gasteiger partial charge < -0.3 is 15.1 Å². The van der Waals surface area contributed by atoms with Crippen LogP contribution in [0.1, 0.15) is 35.7 Å². The van der Waals surface area contributed by atoms with Crippen molar-refractivity contribution in [2.75, 3.05) is 5.32 Å². The number of anilines is 1. The van der Waals surface area contributed by atoms with E-state index in [1.54, 1.807) is 24.3 Å². The molecule has 0 aliphatic carbocycles. The highest BCUT2D eigenvalue weighted by Gasteiger charge is 2.15. The molecular formula is C20H21N3O3S. The number of amides is 2. The predicted octanol–water partition coefficient (Wildman–Crippen LogP) is 4.03. The van der Waals surface area contributed by atoms with E-state index in [1.807, 2.05) is 38.3 Å². The Balaban J connectivity index is 1.68. The molecule has 2 N–H and O–H groups in total. The summed E-state index contributed by atoms with van der Waals surface area (Å²) in [6, 6.07) is 10.7. The number of aromatic nitrogens is 1. The van der Waals surface area contributed by atoms with Crippen LogP contribution in [-0.4, -0.2) is 22.8 Å². The molecule has 0 bridgehead atoms. The summed E-state index contributed by atoms with van der Waals surface area (Å²) in [5, 5.41) is 8.22. The molecule has 140 valence electrons. The van der Waals surface area contributed by atoms with E-state index in [-0.39, 0.29) is 24.3 Å². The lowest BCUT2D eigenvalue weighted by molar-refractivity contribution is -0.115. The Labute approximate surface area is 161 Å². The van der Waals surface area contributed by atoms with Gasteiger partial charge in [-0.25, -0.2) is 4.98 Å². The Hall–Kier alpha value is -2.93. The fourth-order valence-electron chi connectivity index (χ4n) is 2.54. The van der Waals surface area contributed by atoms with E-state index >= 15 is 0 Å². The largest absolute Gasteiger partial charge is 0.459 e. The third-order valence-electron chi connectivity index (χ3n) is 3.71. The third kappa shape index (κ3) is 4.83. The monoisotopic (exact) mass is 383 g/mol. The zero-order valence-electron chi connectivity index (χ0n) is 15.4. The van der Waals surface area contributed by atoms with Crippen molar-refractivity contribution in [1.82, 2.24) is 10.3 Å². The fraction of sp³-hybridized carbons (Fsp3) is 0.250. The highest BCUT2D eigenvalue weighted by Crippen LogP contribution is 2.26. The first-order chi connectivity index (χ1) is 12.9. The normalized spacial score (nSPS) is 10.8. The maximum atomic E-state index is 12.4. The molecule has 3 rings (SSSR count). The molecule has 0 unspecified atom stereocenters. The first kappa shape index (κ1) is 18.8. The van der Waals surface area contributed by atoms with Crippen LogP contribution in [0.15, 0.2) is 46.2 Å². The predicted molar refractivity (Wildman–Crippen MR) is 106 cm³/mol. The highest BCUT2D eigenvalue weighted by atomic mass is 32.1. The number of nitrogens with zero attached hydrogens (tertiary/aromatic N) is 1. The lowest BCUT2D eigenvalue weighted by atomic mass is 10.1. The molecule has 0 spiro atoms. The molecule has 6 nitrogen and oxygen atoms in total. The van der Waals surface area contributed by atoms with Crippen LogP contribution in [0.5, 0.6) is 0 Å². The van der Waals surface area contributed by atoms with Gasteiger partial charge in [0.05, 0.1) is 23.4 Å². The van der Waals surface area contributed by atoms with Gasteiger partial charge in [-0.05, 0) is 45.0 Å². The quantitative estimate of drug-likeness (QED) is 0.673. The molecule has 2 heterocycles. The maximum absolute atomic E-state index is 12.4. The molecule has 0 saturated heterocycles. The minimum atomic E-state index is -0.229. The zero-order chi connectivity index (χ0) is 19.4. The molecule has 0 aliphatic heterocycles. The summed E-state index contributed by atoms with van der Waals surface area (Å²) in [7, 11) is 0. The summed E-state index contributed by atoms with van der Waals surface area (Å²) < 4.78 is 5.56. The number of carbonyl (C=O) groups excluding carboxylic acids is 2. The van der Waals surface area contributed by atoms with E-state index < -0.39 is 0 Å². The van der Waals surface area contributed by atoms with Gasteiger partial charge in [0, 0.05) is 11.4 Å². The number of rotatable bonds is 6. The molecule has 0 fully saturated rings. The summed E-state index contributed by atoms with van der Waals surface area (Å²) >= 11 is 1.43. The summed E-state index contributed by atoms with van der Waals surface area (Å²) in [4.78, 5) is 29.2. The Morgan fingerprint density at radius 2 is 1.96 bits per heavy atom. The topological polar surface area (TPSA) is 84.2 Å². The van der Waals surface area contributed by atoms with Gasteiger partial charge >= 0.3 is 0 Å². The van der Waals surface area contributed by atoms with Gasteiger partial charge in [0.15, 0.2) is 10.8 Å². The van der Waals surface area contributed by atoms with Crippen LogP contribution in [0, 0.1) is 6.92 Å². The van der Waals surface area contributed by atoms with E-state index in [1.165, 1.54) is 11.3 Å². The second-order valence-corrected chi connectivity index (χ2v) is 7.31. The number of furan rings is 1. The molecule has 0 saturated carbocycles. The van der Waals surface area contributed by atoms with Crippen LogP contribution in [0.4, 0.5) is 5.69 Å². The highest BCUT2D eigenvalue weighted by molar-refractivity contribution is 7.13. The van der Waals surface area contributed by atoms with Crippen LogP contribution in [0.25, 0.3) is 10.8 Å². The van der Waals surface area contributed by atoms with E-state index in [9.17, 15) is 9.59 Å². The molecule has 1 aromatic carbocycles. The number of aryl methyl sites for hydroxylation is 1.